The normalized spacial score (nSPS) is 11.0. The fourth-order valence-electron chi connectivity index (χ4n) is 4.08. The smallest absolute Gasteiger partial charge is 0.195 e. The second kappa shape index (κ2) is 9.98. The molecule has 1 aromatic heterocycles. The molecular formula is C30H24ClNO2. The fourth-order valence-corrected chi connectivity index (χ4v) is 4.26. The second-order valence-electron chi connectivity index (χ2n) is 8.31. The van der Waals surface area contributed by atoms with Gasteiger partial charge in [-0.1, -0.05) is 91.0 Å². The van der Waals surface area contributed by atoms with Crippen molar-refractivity contribution in [3.05, 3.63) is 137 Å². The molecule has 0 bridgehead atoms. The molecule has 168 valence electrons. The first-order chi connectivity index (χ1) is 16.7. The summed E-state index contributed by atoms with van der Waals surface area (Å²) < 4.78 is 6.04. The lowest BCUT2D eigenvalue weighted by Gasteiger charge is -2.08. The van der Waals surface area contributed by atoms with Gasteiger partial charge in [0.1, 0.15) is 12.4 Å². The first kappa shape index (κ1) is 22.0. The molecule has 34 heavy (non-hydrogen) atoms. The molecule has 0 aliphatic heterocycles. The van der Waals surface area contributed by atoms with E-state index in [1.807, 2.05) is 72.8 Å². The molecular weight excluding hydrogens is 442 g/mol. The number of aromatic amines is 1. The Morgan fingerprint density at radius 2 is 1.41 bits per heavy atom. The first-order valence-corrected chi connectivity index (χ1v) is 11.8. The molecule has 0 unspecified atom stereocenters. The van der Waals surface area contributed by atoms with Gasteiger partial charge in [0, 0.05) is 28.6 Å². The summed E-state index contributed by atoms with van der Waals surface area (Å²) >= 11 is 5.87. The van der Waals surface area contributed by atoms with Gasteiger partial charge >= 0.3 is 0 Å². The highest BCUT2D eigenvalue weighted by Crippen LogP contribution is 2.29. The number of H-pyrrole nitrogens is 1. The molecule has 0 spiro atoms. The number of hydrogen-bond donors (Lipinski definition) is 1. The number of ether oxygens (including phenoxy) is 1. The van der Waals surface area contributed by atoms with Gasteiger partial charge < -0.3 is 9.72 Å². The molecule has 0 saturated carbocycles. The van der Waals surface area contributed by atoms with E-state index < -0.39 is 0 Å². The molecule has 4 aromatic carbocycles. The SMILES string of the molecule is O=C(c1ccc(Cc2ccc(CCl)cc2)cc1)c1c[nH]c2c(OCc3ccccc3)cccc12. The third-order valence-corrected chi connectivity index (χ3v) is 6.27. The number of carbonyl (C=O) groups excluding carboxylic acids is 1. The topological polar surface area (TPSA) is 42.1 Å². The Hall–Kier alpha value is -3.82. The molecule has 0 amide bonds. The van der Waals surface area contributed by atoms with Gasteiger partial charge in [-0.15, -0.1) is 11.6 Å². The molecule has 1 N–H and O–H groups in total. The molecule has 3 nitrogen and oxygen atoms in total. The third kappa shape index (κ3) is 4.75. The predicted octanol–water partition coefficient (Wildman–Crippen LogP) is 7.31. The lowest BCUT2D eigenvalue weighted by molar-refractivity contribution is 0.104. The van der Waals surface area contributed by atoms with Crippen molar-refractivity contribution in [2.45, 2.75) is 18.9 Å². The van der Waals surface area contributed by atoms with Crippen LogP contribution in [0.4, 0.5) is 0 Å². The zero-order valence-electron chi connectivity index (χ0n) is 18.6. The minimum atomic E-state index is -0.00975. The molecule has 0 saturated heterocycles. The summed E-state index contributed by atoms with van der Waals surface area (Å²) in [4.78, 5) is 16.5. The van der Waals surface area contributed by atoms with E-state index in [-0.39, 0.29) is 5.78 Å². The van der Waals surface area contributed by atoms with Gasteiger partial charge in [-0.25, -0.2) is 0 Å². The highest BCUT2D eigenvalue weighted by atomic mass is 35.5. The standard InChI is InChI=1S/C30H24ClNO2/c31-18-23-11-9-21(10-12-23)17-22-13-15-25(16-14-22)30(33)27-19-32-29-26(27)7-4-8-28(29)34-20-24-5-2-1-3-6-24/h1-16,19,32H,17-18,20H2. The van der Waals surface area contributed by atoms with Crippen molar-refractivity contribution in [1.29, 1.82) is 0 Å². The number of halogens is 1. The fraction of sp³-hybridized carbons (Fsp3) is 0.100. The number of aromatic nitrogens is 1. The van der Waals surface area contributed by atoms with Crippen LogP contribution in [0.1, 0.15) is 38.2 Å². The number of alkyl halides is 1. The third-order valence-electron chi connectivity index (χ3n) is 5.96. The van der Waals surface area contributed by atoms with Crippen molar-refractivity contribution in [3.63, 3.8) is 0 Å². The number of para-hydroxylation sites is 1. The Labute approximate surface area is 204 Å². The van der Waals surface area contributed by atoms with E-state index in [4.69, 9.17) is 16.3 Å². The highest BCUT2D eigenvalue weighted by molar-refractivity contribution is 6.17. The number of fused-ring (bicyclic) bond motifs is 1. The van der Waals surface area contributed by atoms with Crippen LogP contribution in [0.2, 0.25) is 0 Å². The summed E-state index contributed by atoms with van der Waals surface area (Å²) in [5, 5.41) is 0.860. The molecule has 1 heterocycles. The van der Waals surface area contributed by atoms with Crippen molar-refractivity contribution in [2.24, 2.45) is 0 Å². The van der Waals surface area contributed by atoms with Crippen molar-refractivity contribution in [2.75, 3.05) is 0 Å². The maximum absolute atomic E-state index is 13.3. The van der Waals surface area contributed by atoms with Gasteiger partial charge in [0.2, 0.25) is 0 Å². The highest BCUT2D eigenvalue weighted by Gasteiger charge is 2.16. The first-order valence-electron chi connectivity index (χ1n) is 11.3. The largest absolute Gasteiger partial charge is 0.487 e. The minimum absolute atomic E-state index is 0.00975. The molecule has 0 radical (unpaired) electrons. The molecule has 0 aliphatic rings. The van der Waals surface area contributed by atoms with E-state index in [1.54, 1.807) is 6.20 Å². The van der Waals surface area contributed by atoms with Gasteiger partial charge in [-0.3, -0.25) is 4.79 Å². The number of benzene rings is 4. The monoisotopic (exact) mass is 465 g/mol. The molecule has 0 aliphatic carbocycles. The zero-order chi connectivity index (χ0) is 23.3. The van der Waals surface area contributed by atoms with Crippen molar-refractivity contribution in [1.82, 2.24) is 4.98 Å². The predicted molar refractivity (Wildman–Crippen MR) is 138 cm³/mol. The van der Waals surface area contributed by atoms with E-state index >= 15 is 0 Å². The van der Waals surface area contributed by atoms with Crippen LogP contribution in [0.5, 0.6) is 5.75 Å². The van der Waals surface area contributed by atoms with Crippen LogP contribution >= 0.6 is 11.6 Å². The average Bonchev–Trinajstić information content (AvgIpc) is 3.33. The second-order valence-corrected chi connectivity index (χ2v) is 8.58. The van der Waals surface area contributed by atoms with Crippen molar-refractivity contribution < 1.29 is 9.53 Å². The Balaban J connectivity index is 1.32. The van der Waals surface area contributed by atoms with Crippen LogP contribution in [0, 0.1) is 0 Å². The van der Waals surface area contributed by atoms with Gasteiger partial charge in [0.25, 0.3) is 0 Å². The summed E-state index contributed by atoms with van der Waals surface area (Å²) in [6.45, 7) is 0.471. The molecule has 5 rings (SSSR count). The average molecular weight is 466 g/mol. The number of nitrogens with one attached hydrogen (secondary N) is 1. The summed E-state index contributed by atoms with van der Waals surface area (Å²) in [7, 11) is 0. The van der Waals surface area contributed by atoms with Gasteiger partial charge in [0.15, 0.2) is 5.78 Å². The molecule has 0 atom stereocenters. The lowest BCUT2D eigenvalue weighted by Crippen LogP contribution is -2.01. The minimum Gasteiger partial charge on any atom is -0.487 e. The number of hydrogen-bond acceptors (Lipinski definition) is 2. The van der Waals surface area contributed by atoms with Gasteiger partial charge in [0.05, 0.1) is 5.52 Å². The Bertz CT molecular complexity index is 1400. The van der Waals surface area contributed by atoms with Crippen LogP contribution in [-0.2, 0) is 18.9 Å². The van der Waals surface area contributed by atoms with Crippen LogP contribution < -0.4 is 4.74 Å². The van der Waals surface area contributed by atoms with E-state index in [0.717, 1.165) is 39.8 Å². The van der Waals surface area contributed by atoms with Crippen molar-refractivity contribution in [3.8, 4) is 5.75 Å². The Morgan fingerprint density at radius 3 is 2.12 bits per heavy atom. The van der Waals surface area contributed by atoms with Crippen LogP contribution in [0.3, 0.4) is 0 Å². The summed E-state index contributed by atoms with van der Waals surface area (Å²) in [5.41, 5.74) is 6.72. The van der Waals surface area contributed by atoms with Crippen molar-refractivity contribution >= 4 is 28.3 Å². The molecule has 5 aromatic rings. The van der Waals surface area contributed by atoms with Crippen LogP contribution in [-0.4, -0.2) is 10.8 Å². The number of ketones is 1. The van der Waals surface area contributed by atoms with Crippen LogP contribution in [0.15, 0.2) is 103 Å². The quantitative estimate of drug-likeness (QED) is 0.193. The van der Waals surface area contributed by atoms with Gasteiger partial charge in [-0.05, 0) is 34.7 Å². The zero-order valence-corrected chi connectivity index (χ0v) is 19.4. The van der Waals surface area contributed by atoms with E-state index in [2.05, 4.69) is 29.2 Å². The Morgan fingerprint density at radius 1 is 0.735 bits per heavy atom. The maximum atomic E-state index is 13.3. The van der Waals surface area contributed by atoms with Gasteiger partial charge in [-0.2, -0.15) is 0 Å². The summed E-state index contributed by atoms with van der Waals surface area (Å²) in [5.74, 6) is 1.24. The Kier molecular flexibility index (Phi) is 6.46. The van der Waals surface area contributed by atoms with E-state index in [1.165, 1.54) is 5.56 Å². The summed E-state index contributed by atoms with van der Waals surface area (Å²) in [6, 6.07) is 32.0. The van der Waals surface area contributed by atoms with E-state index in [0.29, 0.717) is 23.6 Å². The molecule has 0 fully saturated rings. The maximum Gasteiger partial charge on any atom is 0.195 e. The number of carbonyl (C=O) groups is 1. The lowest BCUT2D eigenvalue weighted by atomic mass is 9.99. The summed E-state index contributed by atoms with van der Waals surface area (Å²) in [6.07, 6.45) is 2.58. The van der Waals surface area contributed by atoms with E-state index in [9.17, 15) is 4.79 Å². The molecule has 4 heteroatoms. The number of rotatable bonds is 8. The van der Waals surface area contributed by atoms with Crippen LogP contribution in [0.25, 0.3) is 10.9 Å².